The summed E-state index contributed by atoms with van der Waals surface area (Å²) in [7, 11) is 1.66. The van der Waals surface area contributed by atoms with Crippen LogP contribution in [0.15, 0.2) is 23.4 Å². The molecule has 0 amide bonds. The first-order valence-corrected chi connectivity index (χ1v) is 7.98. The van der Waals surface area contributed by atoms with Crippen LogP contribution in [-0.4, -0.2) is 36.7 Å². The number of hydrogen-bond donors (Lipinski definition) is 1. The Morgan fingerprint density at radius 1 is 1.23 bits per heavy atom. The average Bonchev–Trinajstić information content (AvgIpc) is 3.08. The maximum Gasteiger partial charge on any atom is 0.162 e. The van der Waals surface area contributed by atoms with E-state index in [-0.39, 0.29) is 18.8 Å². The number of aliphatic hydroxyl groups is 1. The molecule has 5 nitrogen and oxygen atoms in total. The van der Waals surface area contributed by atoms with Crippen LogP contribution in [0.3, 0.4) is 0 Å². The second kappa shape index (κ2) is 7.01. The summed E-state index contributed by atoms with van der Waals surface area (Å²) >= 11 is 0. The van der Waals surface area contributed by atoms with Gasteiger partial charge in [0.25, 0.3) is 0 Å². The van der Waals surface area contributed by atoms with E-state index in [4.69, 9.17) is 19.4 Å². The van der Waals surface area contributed by atoms with Gasteiger partial charge in [0, 0.05) is 5.56 Å². The SMILES string of the molecule is COc1ccc(C2=NOC(CO)CC2)cc1OC1CCCC1. The molecule has 2 aliphatic rings. The lowest BCUT2D eigenvalue weighted by atomic mass is 10.0. The molecule has 1 aliphatic carbocycles. The number of nitrogens with zero attached hydrogens (tertiary/aromatic N) is 1. The fourth-order valence-corrected chi connectivity index (χ4v) is 2.99. The second-order valence-corrected chi connectivity index (χ2v) is 5.88. The van der Waals surface area contributed by atoms with Crippen LogP contribution in [0.4, 0.5) is 0 Å². The van der Waals surface area contributed by atoms with Gasteiger partial charge in [-0.15, -0.1) is 0 Å². The monoisotopic (exact) mass is 305 g/mol. The van der Waals surface area contributed by atoms with Crippen LogP contribution in [0.1, 0.15) is 44.1 Å². The van der Waals surface area contributed by atoms with Crippen LogP contribution in [0, 0.1) is 0 Å². The molecule has 1 heterocycles. The van der Waals surface area contributed by atoms with E-state index in [0.29, 0.717) is 0 Å². The quantitative estimate of drug-likeness (QED) is 0.908. The van der Waals surface area contributed by atoms with Gasteiger partial charge >= 0.3 is 0 Å². The van der Waals surface area contributed by atoms with Crippen molar-refractivity contribution in [3.8, 4) is 11.5 Å². The fraction of sp³-hybridized carbons (Fsp3) is 0.588. The van der Waals surface area contributed by atoms with Crippen molar-refractivity contribution in [3.05, 3.63) is 23.8 Å². The van der Waals surface area contributed by atoms with E-state index in [0.717, 1.165) is 48.5 Å². The molecule has 3 rings (SSSR count). The second-order valence-electron chi connectivity index (χ2n) is 5.88. The molecule has 1 aromatic rings. The first-order valence-electron chi connectivity index (χ1n) is 7.98. The molecule has 1 unspecified atom stereocenters. The third kappa shape index (κ3) is 3.35. The zero-order chi connectivity index (χ0) is 15.4. The Hall–Kier alpha value is -1.75. The van der Waals surface area contributed by atoms with Crippen molar-refractivity contribution in [3.63, 3.8) is 0 Å². The number of benzene rings is 1. The third-order valence-corrected chi connectivity index (χ3v) is 4.31. The lowest BCUT2D eigenvalue weighted by molar-refractivity contribution is 0.00454. The predicted molar refractivity (Wildman–Crippen MR) is 83.6 cm³/mol. The topological polar surface area (TPSA) is 60.3 Å². The van der Waals surface area contributed by atoms with Gasteiger partial charge in [-0.3, -0.25) is 0 Å². The molecule has 0 radical (unpaired) electrons. The lowest BCUT2D eigenvalue weighted by Crippen LogP contribution is -2.22. The standard InChI is InChI=1S/C17H23NO4/c1-20-16-9-6-12(15-8-7-14(11-19)22-18-15)10-17(16)21-13-4-2-3-5-13/h6,9-10,13-14,19H,2-5,7-8,11H2,1H3. The highest BCUT2D eigenvalue weighted by Gasteiger charge is 2.21. The third-order valence-electron chi connectivity index (χ3n) is 4.31. The predicted octanol–water partition coefficient (Wildman–Crippen LogP) is 2.89. The fourth-order valence-electron chi connectivity index (χ4n) is 2.99. The highest BCUT2D eigenvalue weighted by atomic mass is 16.6. The van der Waals surface area contributed by atoms with Gasteiger partial charge in [-0.2, -0.15) is 0 Å². The molecule has 1 N–H and O–H groups in total. The maximum absolute atomic E-state index is 9.09. The molecular formula is C17H23NO4. The Morgan fingerprint density at radius 3 is 2.68 bits per heavy atom. The molecule has 22 heavy (non-hydrogen) atoms. The van der Waals surface area contributed by atoms with Gasteiger partial charge in [0.05, 0.1) is 25.5 Å². The minimum absolute atomic E-state index is 0.00936. The van der Waals surface area contributed by atoms with Crippen LogP contribution in [-0.2, 0) is 4.84 Å². The zero-order valence-corrected chi connectivity index (χ0v) is 13.0. The summed E-state index contributed by atoms with van der Waals surface area (Å²) in [6.07, 6.45) is 6.35. The van der Waals surface area contributed by atoms with Gasteiger partial charge in [0.15, 0.2) is 17.6 Å². The van der Waals surface area contributed by atoms with E-state index in [1.807, 2.05) is 18.2 Å². The summed E-state index contributed by atoms with van der Waals surface area (Å²) in [6, 6.07) is 5.88. The van der Waals surface area contributed by atoms with Crippen LogP contribution in [0.2, 0.25) is 0 Å². The Labute approximate surface area is 130 Å². The molecule has 120 valence electrons. The zero-order valence-electron chi connectivity index (χ0n) is 13.0. The number of ether oxygens (including phenoxy) is 2. The summed E-state index contributed by atoms with van der Waals surface area (Å²) in [5.74, 6) is 1.53. The summed E-state index contributed by atoms with van der Waals surface area (Å²) < 4.78 is 11.5. The molecule has 1 saturated carbocycles. The molecule has 1 aliphatic heterocycles. The highest BCUT2D eigenvalue weighted by molar-refractivity contribution is 6.01. The number of rotatable bonds is 5. The number of oxime groups is 1. The van der Waals surface area contributed by atoms with Crippen LogP contribution in [0.25, 0.3) is 0 Å². The maximum atomic E-state index is 9.09. The Balaban J connectivity index is 1.79. The Kier molecular flexibility index (Phi) is 4.83. The van der Waals surface area contributed by atoms with Gasteiger partial charge in [-0.05, 0) is 56.7 Å². The normalized spacial score (nSPS) is 22.1. The van der Waals surface area contributed by atoms with Crippen LogP contribution >= 0.6 is 0 Å². The minimum atomic E-state index is -0.184. The number of aliphatic hydroxyl groups excluding tert-OH is 1. The Bertz CT molecular complexity index is 537. The molecule has 5 heteroatoms. The van der Waals surface area contributed by atoms with Gasteiger partial charge in [0.1, 0.15) is 0 Å². The van der Waals surface area contributed by atoms with Crippen LogP contribution < -0.4 is 9.47 Å². The molecule has 0 bridgehead atoms. The van der Waals surface area contributed by atoms with E-state index in [1.54, 1.807) is 7.11 Å². The summed E-state index contributed by atoms with van der Waals surface area (Å²) in [4.78, 5) is 5.29. The largest absolute Gasteiger partial charge is 0.493 e. The van der Waals surface area contributed by atoms with Gasteiger partial charge < -0.3 is 19.4 Å². The molecule has 0 spiro atoms. The highest BCUT2D eigenvalue weighted by Crippen LogP contribution is 2.33. The Morgan fingerprint density at radius 2 is 2.05 bits per heavy atom. The van der Waals surface area contributed by atoms with Gasteiger partial charge in [0.2, 0.25) is 0 Å². The van der Waals surface area contributed by atoms with Crippen LogP contribution in [0.5, 0.6) is 11.5 Å². The number of hydrogen-bond acceptors (Lipinski definition) is 5. The summed E-state index contributed by atoms with van der Waals surface area (Å²) in [6.45, 7) is 0.00936. The summed E-state index contributed by atoms with van der Waals surface area (Å²) in [5, 5.41) is 13.2. The smallest absolute Gasteiger partial charge is 0.162 e. The number of methoxy groups -OCH3 is 1. The molecule has 1 aromatic carbocycles. The average molecular weight is 305 g/mol. The molecule has 0 saturated heterocycles. The molecule has 1 fully saturated rings. The van der Waals surface area contributed by atoms with E-state index in [2.05, 4.69) is 5.16 Å². The molecule has 1 atom stereocenters. The van der Waals surface area contributed by atoms with Gasteiger partial charge in [-0.25, -0.2) is 0 Å². The lowest BCUT2D eigenvalue weighted by Gasteiger charge is -2.21. The molecular weight excluding hydrogens is 282 g/mol. The van der Waals surface area contributed by atoms with Crippen molar-refractivity contribution in [1.82, 2.24) is 0 Å². The van der Waals surface area contributed by atoms with Crippen molar-refractivity contribution in [1.29, 1.82) is 0 Å². The summed E-state index contributed by atoms with van der Waals surface area (Å²) in [5.41, 5.74) is 1.88. The molecule has 0 aromatic heterocycles. The van der Waals surface area contributed by atoms with Crippen molar-refractivity contribution < 1.29 is 19.4 Å². The first-order chi connectivity index (χ1) is 10.8. The van der Waals surface area contributed by atoms with Crippen molar-refractivity contribution in [2.45, 2.75) is 50.7 Å². The first kappa shape index (κ1) is 15.2. The van der Waals surface area contributed by atoms with Gasteiger partial charge in [-0.1, -0.05) is 5.16 Å². The van der Waals surface area contributed by atoms with E-state index in [1.165, 1.54) is 12.8 Å². The van der Waals surface area contributed by atoms with E-state index >= 15 is 0 Å². The van der Waals surface area contributed by atoms with E-state index < -0.39 is 0 Å². The minimum Gasteiger partial charge on any atom is -0.493 e. The van der Waals surface area contributed by atoms with E-state index in [9.17, 15) is 0 Å². The van der Waals surface area contributed by atoms with Crippen molar-refractivity contribution in [2.24, 2.45) is 5.16 Å². The van der Waals surface area contributed by atoms with Crippen molar-refractivity contribution >= 4 is 5.71 Å². The van der Waals surface area contributed by atoms with Crippen molar-refractivity contribution in [2.75, 3.05) is 13.7 Å².